The minimum Gasteiger partial charge on any atom is -0.350 e. The predicted molar refractivity (Wildman–Crippen MR) is 113 cm³/mol. The first-order chi connectivity index (χ1) is 13.3. The molecule has 0 saturated carbocycles. The zero-order valence-electron chi connectivity index (χ0n) is 17.6. The van der Waals surface area contributed by atoms with Crippen LogP contribution in [-0.2, 0) is 13.1 Å². The Bertz CT molecular complexity index is 903. The Balaban J connectivity index is 1.79. The molecule has 28 heavy (non-hydrogen) atoms. The maximum absolute atomic E-state index is 4.72. The van der Waals surface area contributed by atoms with E-state index in [0.717, 1.165) is 23.8 Å². The Hall–Kier alpha value is -2.96. The predicted octanol–water partition coefficient (Wildman–Crippen LogP) is 3.53. The lowest BCUT2D eigenvalue weighted by Gasteiger charge is -2.15. The molecule has 0 radical (unpaired) electrons. The van der Waals surface area contributed by atoms with Crippen molar-refractivity contribution in [3.8, 4) is 0 Å². The van der Waals surface area contributed by atoms with Crippen LogP contribution in [-0.4, -0.2) is 38.8 Å². The molecule has 0 spiro atoms. The molecule has 0 bridgehead atoms. The van der Waals surface area contributed by atoms with Crippen molar-refractivity contribution in [2.45, 2.75) is 46.7 Å². The Labute approximate surface area is 166 Å². The molecule has 0 amide bonds. The summed E-state index contributed by atoms with van der Waals surface area (Å²) in [6, 6.07) is 10.4. The fraction of sp³-hybridized carbons (Fsp3) is 0.429. The van der Waals surface area contributed by atoms with E-state index in [1.165, 1.54) is 11.1 Å². The summed E-state index contributed by atoms with van der Waals surface area (Å²) < 4.78 is 2.06. The molecule has 0 saturated heterocycles. The summed E-state index contributed by atoms with van der Waals surface area (Å²) in [7, 11) is 3.87. The number of benzene rings is 1. The smallest absolute Gasteiger partial charge is 0.229 e. The van der Waals surface area contributed by atoms with Gasteiger partial charge in [0.2, 0.25) is 11.9 Å². The first kappa shape index (κ1) is 19.8. The second-order valence-electron chi connectivity index (χ2n) is 7.51. The van der Waals surface area contributed by atoms with Crippen LogP contribution in [0, 0.1) is 13.8 Å². The lowest BCUT2D eigenvalue weighted by atomic mass is 10.2. The van der Waals surface area contributed by atoms with E-state index in [0.29, 0.717) is 18.4 Å². The van der Waals surface area contributed by atoms with Gasteiger partial charge in [0.05, 0.1) is 12.2 Å². The lowest BCUT2D eigenvalue weighted by molar-refractivity contribution is 0.658. The molecule has 3 aromatic rings. The minimum atomic E-state index is 0.236. The summed E-state index contributed by atoms with van der Waals surface area (Å²) in [5.74, 6) is 2.28. The van der Waals surface area contributed by atoms with E-state index in [9.17, 15) is 0 Å². The monoisotopic (exact) mass is 379 g/mol. The highest BCUT2D eigenvalue weighted by molar-refractivity contribution is 5.38. The molecule has 7 nitrogen and oxygen atoms in total. The molecular weight excluding hydrogens is 350 g/mol. The van der Waals surface area contributed by atoms with Gasteiger partial charge in [-0.15, -0.1) is 0 Å². The van der Waals surface area contributed by atoms with Crippen LogP contribution in [0.2, 0.25) is 0 Å². The zero-order valence-corrected chi connectivity index (χ0v) is 17.6. The zero-order chi connectivity index (χ0) is 20.3. The van der Waals surface area contributed by atoms with Crippen LogP contribution in [0.25, 0.3) is 0 Å². The van der Waals surface area contributed by atoms with E-state index in [1.54, 1.807) is 0 Å². The van der Waals surface area contributed by atoms with Gasteiger partial charge in [-0.05, 0) is 19.4 Å². The highest BCUT2D eigenvalue weighted by Crippen LogP contribution is 2.18. The van der Waals surface area contributed by atoms with Crippen molar-refractivity contribution < 1.29 is 0 Å². The summed E-state index contributed by atoms with van der Waals surface area (Å²) >= 11 is 0. The fourth-order valence-corrected chi connectivity index (χ4v) is 2.99. The van der Waals surface area contributed by atoms with Crippen molar-refractivity contribution >= 4 is 11.9 Å². The van der Waals surface area contributed by atoms with E-state index in [2.05, 4.69) is 70.0 Å². The summed E-state index contributed by atoms with van der Waals surface area (Å²) in [5.41, 5.74) is 4.59. The molecule has 2 aromatic heterocycles. The van der Waals surface area contributed by atoms with Gasteiger partial charge in [-0.3, -0.25) is 4.68 Å². The number of nitrogens with zero attached hydrogens (tertiary/aromatic N) is 6. The Morgan fingerprint density at radius 1 is 1.04 bits per heavy atom. The largest absolute Gasteiger partial charge is 0.350 e. The number of hydrogen-bond acceptors (Lipinski definition) is 6. The minimum absolute atomic E-state index is 0.236. The third-order valence-corrected chi connectivity index (χ3v) is 4.69. The van der Waals surface area contributed by atoms with Gasteiger partial charge < -0.3 is 10.2 Å². The molecule has 1 N–H and O–H groups in total. The highest BCUT2D eigenvalue weighted by Gasteiger charge is 2.14. The first-order valence-electron chi connectivity index (χ1n) is 9.59. The molecule has 0 aliphatic carbocycles. The number of nitrogens with one attached hydrogen (secondary N) is 1. The third kappa shape index (κ3) is 4.47. The second-order valence-corrected chi connectivity index (χ2v) is 7.51. The highest BCUT2D eigenvalue weighted by atomic mass is 15.3. The van der Waals surface area contributed by atoms with E-state index in [-0.39, 0.29) is 5.92 Å². The van der Waals surface area contributed by atoms with Crippen LogP contribution in [0.4, 0.5) is 11.9 Å². The van der Waals surface area contributed by atoms with Crippen LogP contribution in [0.1, 0.15) is 48.1 Å². The van der Waals surface area contributed by atoms with Crippen molar-refractivity contribution in [1.29, 1.82) is 0 Å². The van der Waals surface area contributed by atoms with E-state index in [1.807, 2.05) is 32.0 Å². The van der Waals surface area contributed by atoms with Crippen LogP contribution in [0.15, 0.2) is 30.3 Å². The normalized spacial score (nSPS) is 11.1. The summed E-state index contributed by atoms with van der Waals surface area (Å²) in [6.45, 7) is 9.71. The molecule has 0 aliphatic heterocycles. The number of rotatable bonds is 7. The first-order valence-corrected chi connectivity index (χ1v) is 9.59. The molecule has 7 heteroatoms. The van der Waals surface area contributed by atoms with Gasteiger partial charge in [-0.2, -0.15) is 20.1 Å². The molecule has 0 fully saturated rings. The van der Waals surface area contributed by atoms with Crippen molar-refractivity contribution in [2.75, 3.05) is 24.3 Å². The van der Waals surface area contributed by atoms with Crippen LogP contribution >= 0.6 is 0 Å². The maximum atomic E-state index is 4.72. The van der Waals surface area contributed by atoms with Crippen molar-refractivity contribution in [2.24, 2.45) is 0 Å². The van der Waals surface area contributed by atoms with Crippen molar-refractivity contribution in [3.63, 3.8) is 0 Å². The molecule has 148 valence electrons. The van der Waals surface area contributed by atoms with Crippen LogP contribution in [0.5, 0.6) is 0 Å². The average molecular weight is 380 g/mol. The lowest BCUT2D eigenvalue weighted by Crippen LogP contribution is -2.17. The second kappa shape index (κ2) is 8.37. The number of aryl methyl sites for hydroxylation is 1. The third-order valence-electron chi connectivity index (χ3n) is 4.69. The molecule has 3 rings (SSSR count). The van der Waals surface area contributed by atoms with Gasteiger partial charge in [0.15, 0.2) is 0 Å². The Morgan fingerprint density at radius 2 is 1.75 bits per heavy atom. The van der Waals surface area contributed by atoms with Gasteiger partial charge in [-0.25, -0.2) is 0 Å². The molecule has 0 aliphatic rings. The molecule has 2 heterocycles. The van der Waals surface area contributed by atoms with Crippen molar-refractivity contribution in [3.05, 3.63) is 58.7 Å². The van der Waals surface area contributed by atoms with Gasteiger partial charge in [0, 0.05) is 37.8 Å². The number of aromatic nitrogens is 5. The Kier molecular flexibility index (Phi) is 5.92. The summed E-state index contributed by atoms with van der Waals surface area (Å²) in [6.07, 6.45) is 0. The molecule has 0 unspecified atom stereocenters. The number of anilines is 2. The van der Waals surface area contributed by atoms with Crippen molar-refractivity contribution in [1.82, 2.24) is 24.7 Å². The topological polar surface area (TPSA) is 71.8 Å². The van der Waals surface area contributed by atoms with E-state index >= 15 is 0 Å². The standard InChI is InChI=1S/C21H29N7/c1-14(2)19-23-20(25-21(24-19)27(5)6)22-12-18-15(3)26-28(16(18)4)13-17-10-8-7-9-11-17/h7-11,14H,12-13H2,1-6H3,(H,22,23,24,25). The van der Waals surface area contributed by atoms with Crippen LogP contribution in [0.3, 0.4) is 0 Å². The van der Waals surface area contributed by atoms with Crippen LogP contribution < -0.4 is 10.2 Å². The number of hydrogen-bond donors (Lipinski definition) is 1. The molecule has 0 atom stereocenters. The molecule has 1 aromatic carbocycles. The summed E-state index contributed by atoms with van der Waals surface area (Å²) in [4.78, 5) is 15.5. The quantitative estimate of drug-likeness (QED) is 0.677. The molecular formula is C21H29N7. The summed E-state index contributed by atoms with van der Waals surface area (Å²) in [5, 5.41) is 8.09. The van der Waals surface area contributed by atoms with E-state index in [4.69, 9.17) is 5.10 Å². The maximum Gasteiger partial charge on any atom is 0.229 e. The van der Waals surface area contributed by atoms with Gasteiger partial charge in [-0.1, -0.05) is 44.2 Å². The van der Waals surface area contributed by atoms with Gasteiger partial charge >= 0.3 is 0 Å². The van der Waals surface area contributed by atoms with Gasteiger partial charge in [0.1, 0.15) is 5.82 Å². The SMILES string of the molecule is Cc1nn(Cc2ccccc2)c(C)c1CNc1nc(C(C)C)nc(N(C)C)n1. The Morgan fingerprint density at radius 3 is 2.39 bits per heavy atom. The average Bonchev–Trinajstić information content (AvgIpc) is 2.93. The van der Waals surface area contributed by atoms with Gasteiger partial charge in [0.25, 0.3) is 0 Å². The fourth-order valence-electron chi connectivity index (χ4n) is 2.99. The van der Waals surface area contributed by atoms with E-state index < -0.39 is 0 Å².